The summed E-state index contributed by atoms with van der Waals surface area (Å²) < 4.78 is 19.5. The molecular formula is C17H14ClFN4O2S2. The molecule has 0 spiro atoms. The van der Waals surface area contributed by atoms with E-state index in [9.17, 15) is 9.18 Å². The highest BCUT2D eigenvalue weighted by Crippen LogP contribution is 2.31. The Morgan fingerprint density at radius 1 is 1.26 bits per heavy atom. The second-order valence-electron chi connectivity index (χ2n) is 5.16. The van der Waals surface area contributed by atoms with E-state index in [2.05, 4.69) is 20.8 Å². The number of rotatable bonds is 7. The number of hydrogen-bond acceptors (Lipinski definition) is 7. The van der Waals surface area contributed by atoms with Crippen molar-refractivity contribution in [1.29, 1.82) is 0 Å². The molecule has 0 fully saturated rings. The first-order chi connectivity index (χ1) is 13.0. The first-order valence-electron chi connectivity index (χ1n) is 7.66. The van der Waals surface area contributed by atoms with Gasteiger partial charge in [0.05, 0.1) is 24.2 Å². The van der Waals surface area contributed by atoms with Gasteiger partial charge in [0.25, 0.3) is 0 Å². The fraction of sp³-hybridized carbons (Fsp3) is 0.118. The molecule has 0 radical (unpaired) electrons. The first kappa shape index (κ1) is 19.4. The van der Waals surface area contributed by atoms with Gasteiger partial charge in [-0.3, -0.25) is 4.79 Å². The third-order valence-corrected chi connectivity index (χ3v) is 5.49. The fourth-order valence-electron chi connectivity index (χ4n) is 2.09. The molecule has 140 valence electrons. The van der Waals surface area contributed by atoms with Crippen molar-refractivity contribution in [2.45, 2.75) is 4.34 Å². The quantitative estimate of drug-likeness (QED) is 0.530. The highest BCUT2D eigenvalue weighted by molar-refractivity contribution is 8.01. The van der Waals surface area contributed by atoms with Crippen LogP contribution in [-0.2, 0) is 4.79 Å². The Balaban J connectivity index is 1.56. The molecule has 6 nitrogen and oxygen atoms in total. The first-order valence-corrected chi connectivity index (χ1v) is 9.84. The van der Waals surface area contributed by atoms with Crippen LogP contribution in [0.25, 0.3) is 0 Å². The van der Waals surface area contributed by atoms with Crippen LogP contribution in [0, 0.1) is 5.82 Å². The van der Waals surface area contributed by atoms with Crippen molar-refractivity contribution in [3.05, 3.63) is 53.3 Å². The number of nitrogens with zero attached hydrogens (tertiary/aromatic N) is 2. The van der Waals surface area contributed by atoms with E-state index < -0.39 is 5.82 Å². The van der Waals surface area contributed by atoms with E-state index in [1.54, 1.807) is 7.11 Å². The molecule has 0 unspecified atom stereocenters. The van der Waals surface area contributed by atoms with E-state index in [0.29, 0.717) is 20.2 Å². The van der Waals surface area contributed by atoms with Gasteiger partial charge in [-0.15, -0.1) is 10.2 Å². The van der Waals surface area contributed by atoms with E-state index >= 15 is 0 Å². The Kier molecular flexibility index (Phi) is 6.49. The summed E-state index contributed by atoms with van der Waals surface area (Å²) in [5.74, 6) is -0.160. The zero-order chi connectivity index (χ0) is 19.2. The van der Waals surface area contributed by atoms with E-state index in [4.69, 9.17) is 16.3 Å². The van der Waals surface area contributed by atoms with Crippen molar-refractivity contribution in [2.24, 2.45) is 0 Å². The maximum Gasteiger partial charge on any atom is 0.234 e. The number of benzene rings is 2. The van der Waals surface area contributed by atoms with Gasteiger partial charge >= 0.3 is 0 Å². The van der Waals surface area contributed by atoms with Gasteiger partial charge in [0, 0.05) is 5.02 Å². The number of hydrogen-bond donors (Lipinski definition) is 2. The molecular weight excluding hydrogens is 411 g/mol. The summed E-state index contributed by atoms with van der Waals surface area (Å²) in [5.41, 5.74) is 0.811. The maximum absolute atomic E-state index is 13.6. The summed E-state index contributed by atoms with van der Waals surface area (Å²) >= 11 is 8.31. The smallest absolute Gasteiger partial charge is 0.234 e. The lowest BCUT2D eigenvalue weighted by Gasteiger charge is -2.07. The highest BCUT2D eigenvalue weighted by Gasteiger charge is 2.12. The van der Waals surface area contributed by atoms with Gasteiger partial charge in [-0.1, -0.05) is 46.8 Å². The van der Waals surface area contributed by atoms with Crippen LogP contribution >= 0.6 is 34.7 Å². The lowest BCUT2D eigenvalue weighted by atomic mass is 10.3. The lowest BCUT2D eigenvalue weighted by molar-refractivity contribution is -0.113. The van der Waals surface area contributed by atoms with E-state index in [-0.39, 0.29) is 17.3 Å². The van der Waals surface area contributed by atoms with Gasteiger partial charge in [0.1, 0.15) is 11.6 Å². The Labute approximate surface area is 168 Å². The van der Waals surface area contributed by atoms with Gasteiger partial charge in [0.15, 0.2) is 4.34 Å². The highest BCUT2D eigenvalue weighted by atomic mass is 35.5. The van der Waals surface area contributed by atoms with Gasteiger partial charge in [0.2, 0.25) is 11.0 Å². The maximum atomic E-state index is 13.6. The fourth-order valence-corrected chi connectivity index (χ4v) is 3.82. The zero-order valence-electron chi connectivity index (χ0n) is 14.0. The predicted octanol–water partition coefficient (Wildman–Crippen LogP) is 4.81. The van der Waals surface area contributed by atoms with Gasteiger partial charge in [-0.2, -0.15) is 0 Å². The van der Waals surface area contributed by atoms with Crippen LogP contribution in [0.15, 0.2) is 46.8 Å². The molecule has 0 aliphatic rings. The molecule has 1 heterocycles. The Hall–Kier alpha value is -2.36. The van der Waals surface area contributed by atoms with Crippen LogP contribution in [0.1, 0.15) is 0 Å². The van der Waals surface area contributed by atoms with Crippen molar-refractivity contribution in [1.82, 2.24) is 10.2 Å². The number of amides is 1. The molecule has 0 bridgehead atoms. The van der Waals surface area contributed by atoms with Gasteiger partial charge in [-0.05, 0) is 30.3 Å². The van der Waals surface area contributed by atoms with Gasteiger partial charge < -0.3 is 15.4 Å². The number of halogens is 2. The van der Waals surface area contributed by atoms with E-state index in [1.165, 1.54) is 41.3 Å². The molecule has 10 heteroatoms. The second kappa shape index (κ2) is 9.03. The number of anilines is 3. The molecule has 0 aliphatic carbocycles. The Bertz CT molecular complexity index is 954. The normalized spacial score (nSPS) is 10.5. The zero-order valence-corrected chi connectivity index (χ0v) is 16.4. The molecule has 27 heavy (non-hydrogen) atoms. The van der Waals surface area contributed by atoms with Crippen molar-refractivity contribution in [3.8, 4) is 5.75 Å². The molecule has 0 saturated heterocycles. The summed E-state index contributed by atoms with van der Waals surface area (Å²) in [6.07, 6.45) is 0. The molecule has 1 aromatic heterocycles. The summed E-state index contributed by atoms with van der Waals surface area (Å²) in [5, 5.41) is 14.6. The summed E-state index contributed by atoms with van der Waals surface area (Å²) in [6.45, 7) is 0. The van der Waals surface area contributed by atoms with Crippen molar-refractivity contribution < 1.29 is 13.9 Å². The third kappa shape index (κ3) is 5.31. The molecule has 0 atom stereocenters. The number of thioether (sulfide) groups is 1. The van der Waals surface area contributed by atoms with Gasteiger partial charge in [-0.25, -0.2) is 4.39 Å². The number of methoxy groups -OCH3 is 1. The molecule has 2 N–H and O–H groups in total. The summed E-state index contributed by atoms with van der Waals surface area (Å²) in [6, 6.07) is 11.4. The van der Waals surface area contributed by atoms with E-state index in [0.717, 1.165) is 5.69 Å². The summed E-state index contributed by atoms with van der Waals surface area (Å²) in [7, 11) is 1.59. The average Bonchev–Trinajstić information content (AvgIpc) is 3.11. The van der Waals surface area contributed by atoms with Crippen LogP contribution < -0.4 is 15.4 Å². The number of carbonyl (C=O) groups is 1. The minimum atomic E-state index is -0.544. The van der Waals surface area contributed by atoms with Crippen LogP contribution in [-0.4, -0.2) is 29.0 Å². The van der Waals surface area contributed by atoms with Crippen LogP contribution in [0.4, 0.5) is 20.9 Å². The van der Waals surface area contributed by atoms with Crippen molar-refractivity contribution >= 4 is 57.1 Å². The van der Waals surface area contributed by atoms with Crippen LogP contribution in [0.5, 0.6) is 5.75 Å². The van der Waals surface area contributed by atoms with Crippen LogP contribution in [0.2, 0.25) is 5.02 Å². The molecule has 2 aromatic carbocycles. The lowest BCUT2D eigenvalue weighted by Crippen LogP contribution is -2.15. The van der Waals surface area contributed by atoms with Crippen molar-refractivity contribution in [3.63, 3.8) is 0 Å². The van der Waals surface area contributed by atoms with E-state index in [1.807, 2.05) is 24.3 Å². The van der Waals surface area contributed by atoms with Crippen LogP contribution in [0.3, 0.4) is 0 Å². The SMILES string of the molecule is COc1ccccc1Nc1nnc(SCC(=O)Nc2cc(Cl)ccc2F)s1. The Morgan fingerprint density at radius 3 is 2.89 bits per heavy atom. The molecule has 3 rings (SSSR count). The van der Waals surface area contributed by atoms with Crippen molar-refractivity contribution in [2.75, 3.05) is 23.5 Å². The second-order valence-corrected chi connectivity index (χ2v) is 7.80. The third-order valence-electron chi connectivity index (χ3n) is 3.28. The number of nitrogens with one attached hydrogen (secondary N) is 2. The molecule has 3 aromatic rings. The number of para-hydroxylation sites is 2. The molecule has 1 amide bonds. The topological polar surface area (TPSA) is 76.1 Å². The standard InChI is InChI=1S/C17H14ClFN4O2S2/c1-25-14-5-3-2-4-12(14)21-16-22-23-17(27-16)26-9-15(24)20-13-8-10(18)6-7-11(13)19/h2-8H,9H2,1H3,(H,20,24)(H,21,22). The number of carbonyl (C=O) groups excluding carboxylic acids is 1. The minimum absolute atomic E-state index is 0.0453. The molecule has 0 aliphatic heterocycles. The largest absolute Gasteiger partial charge is 0.495 e. The summed E-state index contributed by atoms with van der Waals surface area (Å²) in [4.78, 5) is 12.0. The Morgan fingerprint density at radius 2 is 2.07 bits per heavy atom. The minimum Gasteiger partial charge on any atom is -0.495 e. The predicted molar refractivity (Wildman–Crippen MR) is 107 cm³/mol. The monoisotopic (exact) mass is 424 g/mol. The number of aromatic nitrogens is 2. The molecule has 0 saturated carbocycles. The number of ether oxygens (including phenoxy) is 1. The average molecular weight is 425 g/mol.